The van der Waals surface area contributed by atoms with Gasteiger partial charge in [-0.3, -0.25) is 9.47 Å². The summed E-state index contributed by atoms with van der Waals surface area (Å²) in [6.07, 6.45) is 6.46. The lowest BCUT2D eigenvalue weighted by Gasteiger charge is -2.48. The predicted octanol–water partition coefficient (Wildman–Crippen LogP) is 4.04. The van der Waals surface area contributed by atoms with Crippen molar-refractivity contribution < 1.29 is 18.3 Å². The molecule has 1 saturated heterocycles. The first kappa shape index (κ1) is 21.5. The minimum atomic E-state index is -0.463. The van der Waals surface area contributed by atoms with Crippen LogP contribution >= 0.6 is 0 Å². The summed E-state index contributed by atoms with van der Waals surface area (Å²) in [5.74, 6) is -0.914. The Kier molecular flexibility index (Phi) is 6.32. The van der Waals surface area contributed by atoms with Crippen molar-refractivity contribution in [2.45, 2.75) is 70.1 Å². The molecule has 0 unspecified atom stereocenters. The lowest BCUT2D eigenvalue weighted by atomic mass is 9.79. The summed E-state index contributed by atoms with van der Waals surface area (Å²) in [4.78, 5) is 15.1. The molecule has 2 aliphatic rings. The Balaban J connectivity index is 1.40. The van der Waals surface area contributed by atoms with Crippen molar-refractivity contribution in [3.05, 3.63) is 34.1 Å². The van der Waals surface area contributed by atoms with Gasteiger partial charge < -0.3 is 13.9 Å². The van der Waals surface area contributed by atoms with Crippen LogP contribution in [0.2, 0.25) is 0 Å². The molecule has 1 aromatic heterocycles. The Morgan fingerprint density at radius 2 is 1.87 bits per heavy atom. The van der Waals surface area contributed by atoms with E-state index in [2.05, 4.69) is 11.8 Å². The minimum Gasteiger partial charge on any atom is -0.405 e. The average molecular weight is 421 g/mol. The number of nitrogens with zero attached hydrogens (tertiary/aromatic N) is 2. The minimum absolute atomic E-state index is 0.0496. The van der Waals surface area contributed by atoms with Gasteiger partial charge >= 0.3 is 5.76 Å². The van der Waals surface area contributed by atoms with Gasteiger partial charge in [-0.15, -0.1) is 0 Å². The summed E-state index contributed by atoms with van der Waals surface area (Å²) in [6.45, 7) is 7.37. The van der Waals surface area contributed by atoms with Crippen molar-refractivity contribution >= 4 is 11.1 Å². The largest absolute Gasteiger partial charge is 0.420 e. The van der Waals surface area contributed by atoms with Crippen molar-refractivity contribution in [2.24, 2.45) is 0 Å². The summed E-state index contributed by atoms with van der Waals surface area (Å²) >= 11 is 0. The molecule has 7 heteroatoms. The number of fused-ring (bicyclic) bond motifs is 1. The van der Waals surface area contributed by atoms with E-state index in [0.717, 1.165) is 57.2 Å². The number of rotatable bonds is 6. The molecule has 1 saturated carbocycles. The fourth-order valence-corrected chi connectivity index (χ4v) is 5.23. The Hall–Kier alpha value is -1.70. The summed E-state index contributed by atoms with van der Waals surface area (Å²) in [7, 11) is 1.70. The number of aromatic nitrogens is 1. The fraction of sp³-hybridized carbons (Fsp3) is 0.696. The number of benzene rings is 1. The number of hydrogen-bond donors (Lipinski definition) is 0. The molecule has 6 nitrogen and oxygen atoms in total. The second-order valence-corrected chi connectivity index (χ2v) is 9.11. The third kappa shape index (κ3) is 4.20. The van der Waals surface area contributed by atoms with Gasteiger partial charge in [-0.2, -0.15) is 0 Å². The number of halogens is 1. The van der Waals surface area contributed by atoms with Crippen molar-refractivity contribution in [1.29, 1.82) is 0 Å². The molecule has 1 aliphatic heterocycles. The van der Waals surface area contributed by atoms with E-state index in [9.17, 15) is 9.18 Å². The molecule has 4 rings (SSSR count). The second kappa shape index (κ2) is 8.81. The van der Waals surface area contributed by atoms with Crippen LogP contribution in [0.5, 0.6) is 0 Å². The summed E-state index contributed by atoms with van der Waals surface area (Å²) in [5.41, 5.74) is 1.63. The highest BCUT2D eigenvalue weighted by atomic mass is 19.1. The van der Waals surface area contributed by atoms with E-state index >= 15 is 0 Å². The van der Waals surface area contributed by atoms with Gasteiger partial charge in [-0.25, -0.2) is 9.18 Å². The standard InChI is InChI=1S/C23H33FN2O4/c1-16-14-19(24)21-20(15-16)26(22(27)30-21)17-6-10-25(11-7-17)23(2)8-4-18(5-9-23)29-13-12-28-3/h14-15,17-18H,4-13H2,1-3H3/t18-,23-. The molecule has 0 bridgehead atoms. The van der Waals surface area contributed by atoms with Gasteiger partial charge in [-0.1, -0.05) is 0 Å². The quantitative estimate of drug-likeness (QED) is 0.660. The molecule has 2 heterocycles. The summed E-state index contributed by atoms with van der Waals surface area (Å²) in [5, 5.41) is 0. The van der Waals surface area contributed by atoms with Crippen LogP contribution < -0.4 is 5.76 Å². The van der Waals surface area contributed by atoms with Gasteiger partial charge in [0.1, 0.15) is 0 Å². The molecule has 2 aromatic rings. The first-order valence-electron chi connectivity index (χ1n) is 11.1. The predicted molar refractivity (Wildman–Crippen MR) is 114 cm³/mol. The molecular formula is C23H33FN2O4. The smallest absolute Gasteiger partial charge is 0.405 e. The Bertz CT molecular complexity index is 921. The third-order valence-corrected chi connectivity index (χ3v) is 7.06. The van der Waals surface area contributed by atoms with Crippen molar-refractivity contribution in [3.8, 4) is 0 Å². The second-order valence-electron chi connectivity index (χ2n) is 9.11. The van der Waals surface area contributed by atoms with E-state index in [1.807, 2.05) is 13.0 Å². The van der Waals surface area contributed by atoms with Crippen molar-refractivity contribution in [3.63, 3.8) is 0 Å². The first-order valence-corrected chi connectivity index (χ1v) is 11.1. The monoisotopic (exact) mass is 420 g/mol. The lowest BCUT2D eigenvalue weighted by Crippen LogP contribution is -2.53. The van der Waals surface area contributed by atoms with E-state index < -0.39 is 11.6 Å². The van der Waals surface area contributed by atoms with Crippen LogP contribution in [0.15, 0.2) is 21.3 Å². The molecule has 0 amide bonds. The highest BCUT2D eigenvalue weighted by Crippen LogP contribution is 2.38. The van der Waals surface area contributed by atoms with Gasteiger partial charge in [0.2, 0.25) is 0 Å². The molecular weight excluding hydrogens is 387 g/mol. The maximum Gasteiger partial charge on any atom is 0.420 e. The van der Waals surface area contributed by atoms with Crippen molar-refractivity contribution in [1.82, 2.24) is 9.47 Å². The number of oxazole rings is 1. The molecule has 2 fully saturated rings. The van der Waals surface area contributed by atoms with E-state index in [1.165, 1.54) is 6.07 Å². The normalized spacial score (nSPS) is 26.5. The van der Waals surface area contributed by atoms with Gasteiger partial charge in [0.15, 0.2) is 11.4 Å². The lowest BCUT2D eigenvalue weighted by molar-refractivity contribution is -0.0419. The average Bonchev–Trinajstić information content (AvgIpc) is 3.06. The van der Waals surface area contributed by atoms with Crippen LogP contribution in [0.25, 0.3) is 11.1 Å². The Morgan fingerprint density at radius 3 is 2.53 bits per heavy atom. The zero-order valence-electron chi connectivity index (χ0n) is 18.3. The number of hydrogen-bond acceptors (Lipinski definition) is 5. The molecule has 166 valence electrons. The first-order chi connectivity index (χ1) is 14.4. The van der Waals surface area contributed by atoms with E-state index in [0.29, 0.717) is 24.8 Å². The highest BCUT2D eigenvalue weighted by molar-refractivity contribution is 5.74. The van der Waals surface area contributed by atoms with E-state index in [4.69, 9.17) is 13.9 Å². The zero-order valence-corrected chi connectivity index (χ0v) is 18.3. The van der Waals surface area contributed by atoms with Crippen LogP contribution in [0, 0.1) is 12.7 Å². The van der Waals surface area contributed by atoms with Crippen LogP contribution in [0.3, 0.4) is 0 Å². The van der Waals surface area contributed by atoms with Gasteiger partial charge in [0.05, 0.1) is 24.8 Å². The topological polar surface area (TPSA) is 56.8 Å². The summed E-state index contributed by atoms with van der Waals surface area (Å²) < 4.78 is 32.1. The van der Waals surface area contributed by atoms with Crippen LogP contribution in [-0.2, 0) is 9.47 Å². The zero-order chi connectivity index (χ0) is 21.3. The molecule has 1 aliphatic carbocycles. The SMILES string of the molecule is COCCO[C@H]1CC[C@](C)(N2CCC(n3c(=O)oc4c(F)cc(C)cc43)CC2)CC1. The van der Waals surface area contributed by atoms with Crippen LogP contribution in [-0.4, -0.2) is 54.5 Å². The van der Waals surface area contributed by atoms with E-state index in [-0.39, 0.29) is 17.2 Å². The fourth-order valence-electron chi connectivity index (χ4n) is 5.23. The number of aryl methyl sites for hydroxylation is 1. The Labute approximate surface area is 176 Å². The molecule has 0 N–H and O–H groups in total. The third-order valence-electron chi connectivity index (χ3n) is 7.06. The van der Waals surface area contributed by atoms with Crippen molar-refractivity contribution in [2.75, 3.05) is 33.4 Å². The Morgan fingerprint density at radius 1 is 1.17 bits per heavy atom. The molecule has 30 heavy (non-hydrogen) atoms. The van der Waals surface area contributed by atoms with Gasteiger partial charge in [0, 0.05) is 31.8 Å². The van der Waals surface area contributed by atoms with Crippen LogP contribution in [0.4, 0.5) is 4.39 Å². The molecule has 1 aromatic carbocycles. The number of ether oxygens (including phenoxy) is 2. The molecule has 0 spiro atoms. The molecule has 0 atom stereocenters. The molecule has 0 radical (unpaired) electrons. The van der Waals surface area contributed by atoms with Gasteiger partial charge in [-0.05, 0) is 70.1 Å². The van der Waals surface area contributed by atoms with Crippen LogP contribution in [0.1, 0.15) is 57.1 Å². The van der Waals surface area contributed by atoms with Gasteiger partial charge in [0.25, 0.3) is 0 Å². The maximum atomic E-state index is 14.2. The van der Waals surface area contributed by atoms with E-state index in [1.54, 1.807) is 11.7 Å². The maximum absolute atomic E-state index is 14.2. The summed E-state index contributed by atoms with van der Waals surface area (Å²) in [6, 6.07) is 3.31. The highest BCUT2D eigenvalue weighted by Gasteiger charge is 2.39. The number of methoxy groups -OCH3 is 1. The number of piperidine rings is 1. The number of likely N-dealkylation sites (tertiary alicyclic amines) is 1.